The predicted molar refractivity (Wildman–Crippen MR) is 90.9 cm³/mol. The summed E-state index contributed by atoms with van der Waals surface area (Å²) < 4.78 is 11.9. The minimum absolute atomic E-state index is 0.0653. The maximum absolute atomic E-state index is 12.4. The summed E-state index contributed by atoms with van der Waals surface area (Å²) in [6.07, 6.45) is 1.26. The molecule has 6 nitrogen and oxygen atoms in total. The molecule has 4 rings (SSSR count). The highest BCUT2D eigenvalue weighted by Crippen LogP contribution is 2.55. The molecule has 0 radical (unpaired) electrons. The Morgan fingerprint density at radius 3 is 3.00 bits per heavy atom. The zero-order chi connectivity index (χ0) is 16.9. The molecule has 0 saturated carbocycles. The van der Waals surface area contributed by atoms with Crippen molar-refractivity contribution in [3.63, 3.8) is 0 Å². The Bertz CT molecular complexity index is 710. The molecule has 0 aliphatic carbocycles. The number of cyclic esters (lactones) is 1. The fourth-order valence-electron chi connectivity index (χ4n) is 4.25. The van der Waals surface area contributed by atoms with Crippen molar-refractivity contribution in [2.45, 2.75) is 30.9 Å². The second kappa shape index (κ2) is 5.74. The molecule has 2 fully saturated rings. The van der Waals surface area contributed by atoms with Crippen LogP contribution in [0.4, 0.5) is 10.5 Å². The van der Waals surface area contributed by atoms with Crippen LogP contribution >= 0.6 is 15.9 Å². The fourth-order valence-corrected chi connectivity index (χ4v) is 4.89. The van der Waals surface area contributed by atoms with Gasteiger partial charge in [0.15, 0.2) is 0 Å². The third-order valence-corrected chi connectivity index (χ3v) is 6.01. The quantitative estimate of drug-likeness (QED) is 0.788. The minimum Gasteiger partial charge on any atom is -0.447 e. The number of likely N-dealkylation sites (N-methyl/N-ethyl adjacent to an activating group) is 1. The first-order valence-corrected chi connectivity index (χ1v) is 8.94. The predicted octanol–water partition coefficient (Wildman–Crippen LogP) is 2.64. The highest BCUT2D eigenvalue weighted by atomic mass is 79.9. The summed E-state index contributed by atoms with van der Waals surface area (Å²) in [5.41, 5.74) is 2.15. The molecule has 0 N–H and O–H groups in total. The molecule has 2 atom stereocenters. The summed E-state index contributed by atoms with van der Waals surface area (Å²) in [7, 11) is 2.03. The lowest BCUT2D eigenvalue weighted by Crippen LogP contribution is -2.41. The molecular formula is C17H19BrN2O4. The number of carbonyl (C=O) groups excluding carboxylic acids is 2. The molecule has 0 spiro atoms. The second-order valence-electron chi connectivity index (χ2n) is 6.54. The number of halogens is 1. The second-order valence-corrected chi connectivity index (χ2v) is 7.39. The van der Waals surface area contributed by atoms with Gasteiger partial charge in [-0.05, 0) is 40.4 Å². The van der Waals surface area contributed by atoms with Crippen molar-refractivity contribution in [1.82, 2.24) is 4.90 Å². The smallest absolute Gasteiger partial charge is 0.416 e. The van der Waals surface area contributed by atoms with Gasteiger partial charge in [0, 0.05) is 23.4 Å². The molecule has 128 valence electrons. The summed E-state index contributed by atoms with van der Waals surface area (Å²) in [5.74, 6) is -0.163. The minimum atomic E-state index is -0.525. The lowest BCUT2D eigenvalue weighted by molar-refractivity contribution is -0.128. The molecule has 3 heterocycles. The molecule has 2 amide bonds. The highest BCUT2D eigenvalue weighted by molar-refractivity contribution is 9.10. The Labute approximate surface area is 148 Å². The van der Waals surface area contributed by atoms with Crippen molar-refractivity contribution in [2.75, 3.05) is 31.7 Å². The third kappa shape index (κ3) is 2.18. The van der Waals surface area contributed by atoms with Gasteiger partial charge in [-0.1, -0.05) is 12.1 Å². The van der Waals surface area contributed by atoms with Gasteiger partial charge in [-0.15, -0.1) is 0 Å². The fraction of sp³-hybridized carbons (Fsp3) is 0.529. The number of ether oxygens (including phenoxy) is 2. The van der Waals surface area contributed by atoms with Crippen LogP contribution in [0.15, 0.2) is 22.7 Å². The first-order valence-electron chi connectivity index (χ1n) is 8.15. The van der Waals surface area contributed by atoms with Crippen LogP contribution in [0.2, 0.25) is 0 Å². The SMILES string of the molecule is CN1c2c(Br)cccc2C2(CCC(=O)N3CCOC3=O)CCOC12. The van der Waals surface area contributed by atoms with E-state index in [0.29, 0.717) is 32.6 Å². The summed E-state index contributed by atoms with van der Waals surface area (Å²) in [6.45, 7) is 1.33. The van der Waals surface area contributed by atoms with E-state index in [1.165, 1.54) is 10.5 Å². The van der Waals surface area contributed by atoms with Gasteiger partial charge in [0.2, 0.25) is 5.91 Å². The van der Waals surface area contributed by atoms with Gasteiger partial charge in [-0.25, -0.2) is 9.69 Å². The van der Waals surface area contributed by atoms with Crippen LogP contribution in [0.25, 0.3) is 0 Å². The van der Waals surface area contributed by atoms with Crippen molar-refractivity contribution in [3.05, 3.63) is 28.2 Å². The average Bonchev–Trinajstić information content (AvgIpc) is 3.23. The van der Waals surface area contributed by atoms with E-state index in [4.69, 9.17) is 9.47 Å². The molecule has 3 aliphatic heterocycles. The topological polar surface area (TPSA) is 59.1 Å². The van der Waals surface area contributed by atoms with Crippen LogP contribution in [-0.4, -0.2) is 49.9 Å². The molecule has 1 aromatic carbocycles. The van der Waals surface area contributed by atoms with Gasteiger partial charge in [-0.3, -0.25) is 4.79 Å². The normalized spacial score (nSPS) is 28.1. The monoisotopic (exact) mass is 394 g/mol. The van der Waals surface area contributed by atoms with Crippen molar-refractivity contribution >= 4 is 33.6 Å². The Morgan fingerprint density at radius 1 is 1.42 bits per heavy atom. The number of hydrogen-bond donors (Lipinski definition) is 0. The maximum Gasteiger partial charge on any atom is 0.416 e. The standard InChI is InChI=1S/C17H19BrN2O4/c1-19-14-11(3-2-4-12(14)18)17(7-9-23-15(17)19)6-5-13(21)20-8-10-24-16(20)22/h2-4,15H,5-10H2,1H3. The average molecular weight is 395 g/mol. The van der Waals surface area contributed by atoms with E-state index < -0.39 is 6.09 Å². The highest BCUT2D eigenvalue weighted by Gasteiger charge is 2.54. The van der Waals surface area contributed by atoms with E-state index >= 15 is 0 Å². The Balaban J connectivity index is 1.61. The number of imide groups is 1. The van der Waals surface area contributed by atoms with Crippen LogP contribution in [0.3, 0.4) is 0 Å². The van der Waals surface area contributed by atoms with Gasteiger partial charge < -0.3 is 14.4 Å². The summed E-state index contributed by atoms with van der Waals surface area (Å²) in [6, 6.07) is 6.17. The largest absolute Gasteiger partial charge is 0.447 e. The summed E-state index contributed by atoms with van der Waals surface area (Å²) in [4.78, 5) is 27.4. The number of benzene rings is 1. The number of amides is 2. The first-order chi connectivity index (χ1) is 11.5. The Kier molecular flexibility index (Phi) is 3.80. The van der Waals surface area contributed by atoms with Crippen molar-refractivity contribution in [3.8, 4) is 0 Å². The third-order valence-electron chi connectivity index (χ3n) is 5.37. The molecule has 2 unspecified atom stereocenters. The van der Waals surface area contributed by atoms with Gasteiger partial charge in [-0.2, -0.15) is 0 Å². The molecule has 24 heavy (non-hydrogen) atoms. The molecule has 1 aromatic rings. The molecule has 7 heteroatoms. The van der Waals surface area contributed by atoms with Crippen molar-refractivity contribution in [1.29, 1.82) is 0 Å². The van der Waals surface area contributed by atoms with Gasteiger partial charge >= 0.3 is 6.09 Å². The number of para-hydroxylation sites is 1. The van der Waals surface area contributed by atoms with Crippen LogP contribution in [0.5, 0.6) is 0 Å². The Hall–Kier alpha value is -1.60. The number of nitrogens with zero attached hydrogens (tertiary/aromatic N) is 2. The van der Waals surface area contributed by atoms with Gasteiger partial charge in [0.1, 0.15) is 12.8 Å². The first kappa shape index (κ1) is 15.9. The molecule has 3 aliphatic rings. The van der Waals surface area contributed by atoms with Crippen molar-refractivity contribution in [2.24, 2.45) is 0 Å². The number of hydrogen-bond acceptors (Lipinski definition) is 5. The lowest BCUT2D eigenvalue weighted by Gasteiger charge is -2.30. The van der Waals surface area contributed by atoms with Gasteiger partial charge in [0.05, 0.1) is 18.8 Å². The Morgan fingerprint density at radius 2 is 2.25 bits per heavy atom. The van der Waals surface area contributed by atoms with E-state index in [9.17, 15) is 9.59 Å². The van der Waals surface area contributed by atoms with E-state index in [1.54, 1.807) is 0 Å². The number of anilines is 1. The van der Waals surface area contributed by atoms with Crippen molar-refractivity contribution < 1.29 is 19.1 Å². The van der Waals surface area contributed by atoms with Crippen LogP contribution < -0.4 is 4.90 Å². The molecule has 2 saturated heterocycles. The van der Waals surface area contributed by atoms with E-state index in [2.05, 4.69) is 26.9 Å². The molecular weight excluding hydrogens is 376 g/mol. The zero-order valence-corrected chi connectivity index (χ0v) is 15.0. The van der Waals surface area contributed by atoms with E-state index in [-0.39, 0.29) is 17.6 Å². The number of carbonyl (C=O) groups is 2. The van der Waals surface area contributed by atoms with E-state index in [1.807, 2.05) is 19.2 Å². The van der Waals surface area contributed by atoms with E-state index in [0.717, 1.165) is 16.6 Å². The van der Waals surface area contributed by atoms with Gasteiger partial charge in [0.25, 0.3) is 0 Å². The number of fused-ring (bicyclic) bond motifs is 3. The number of rotatable bonds is 3. The lowest BCUT2D eigenvalue weighted by atomic mass is 9.75. The molecule has 0 aromatic heterocycles. The summed E-state index contributed by atoms with van der Waals surface area (Å²) in [5, 5.41) is 0. The molecule has 0 bridgehead atoms. The summed E-state index contributed by atoms with van der Waals surface area (Å²) >= 11 is 3.63. The van der Waals surface area contributed by atoms with Crippen LogP contribution in [0.1, 0.15) is 24.8 Å². The van der Waals surface area contributed by atoms with Crippen LogP contribution in [-0.2, 0) is 19.7 Å². The van der Waals surface area contributed by atoms with Crippen LogP contribution in [0, 0.1) is 0 Å². The maximum atomic E-state index is 12.4. The zero-order valence-electron chi connectivity index (χ0n) is 13.5.